The number of pyridine rings is 1. The molecule has 2 aromatic heterocycles. The summed E-state index contributed by atoms with van der Waals surface area (Å²) in [5, 5.41) is 14.6. The van der Waals surface area contributed by atoms with Gasteiger partial charge in [0.25, 0.3) is 0 Å². The van der Waals surface area contributed by atoms with Crippen molar-refractivity contribution >= 4 is 34.7 Å². The zero-order chi connectivity index (χ0) is 20.8. The number of benzene rings is 1. The molecule has 0 aliphatic carbocycles. The van der Waals surface area contributed by atoms with Crippen LogP contribution in [-0.4, -0.2) is 41.0 Å². The van der Waals surface area contributed by atoms with Crippen molar-refractivity contribution < 1.29 is 27.8 Å². The molecule has 0 bridgehead atoms. The van der Waals surface area contributed by atoms with Crippen LogP contribution in [0.3, 0.4) is 0 Å². The van der Waals surface area contributed by atoms with Gasteiger partial charge < -0.3 is 14.8 Å². The van der Waals surface area contributed by atoms with Gasteiger partial charge in [0.05, 0.1) is 18.0 Å². The smallest absolute Gasteiger partial charge is 0.412 e. The Morgan fingerprint density at radius 3 is 2.79 bits per heavy atom. The Kier molecular flexibility index (Phi) is 6.02. The van der Waals surface area contributed by atoms with E-state index in [4.69, 9.17) is 0 Å². The van der Waals surface area contributed by atoms with Gasteiger partial charge in [-0.15, -0.1) is 0 Å². The number of nitrogens with zero attached hydrogens (tertiary/aromatic N) is 2. The molecule has 2 heterocycles. The van der Waals surface area contributed by atoms with Gasteiger partial charge in [-0.25, -0.2) is 14.6 Å². The number of aromatic amines is 1. The number of hydrogen-bond acceptors (Lipinski definition) is 6. The Morgan fingerprint density at radius 2 is 2.03 bits per heavy atom. The van der Waals surface area contributed by atoms with Crippen LogP contribution in [0.2, 0.25) is 0 Å². The number of H-pyrrole nitrogens is 1. The fourth-order valence-electron chi connectivity index (χ4n) is 2.42. The van der Waals surface area contributed by atoms with Gasteiger partial charge >= 0.3 is 18.7 Å². The fourth-order valence-corrected chi connectivity index (χ4v) is 2.42. The van der Waals surface area contributed by atoms with Crippen molar-refractivity contribution in [3.8, 4) is 5.75 Å². The van der Waals surface area contributed by atoms with E-state index < -0.39 is 18.7 Å². The summed E-state index contributed by atoms with van der Waals surface area (Å²) in [7, 11) is 1.22. The average molecular weight is 406 g/mol. The lowest BCUT2D eigenvalue weighted by molar-refractivity contribution is -0.0504. The van der Waals surface area contributed by atoms with Crippen molar-refractivity contribution in [3.63, 3.8) is 0 Å². The van der Waals surface area contributed by atoms with Gasteiger partial charge in [-0.05, 0) is 6.07 Å². The van der Waals surface area contributed by atoms with Crippen LogP contribution in [0, 0.1) is 0 Å². The number of nitrogens with one attached hydrogen (secondary N) is 4. The van der Waals surface area contributed by atoms with Crippen LogP contribution >= 0.6 is 0 Å². The molecule has 29 heavy (non-hydrogen) atoms. The summed E-state index contributed by atoms with van der Waals surface area (Å²) >= 11 is 0. The van der Waals surface area contributed by atoms with Gasteiger partial charge in [-0.3, -0.25) is 15.7 Å². The lowest BCUT2D eigenvalue weighted by Crippen LogP contribution is -2.28. The number of alkyl halides is 2. The lowest BCUT2D eigenvalue weighted by Gasteiger charge is -2.11. The van der Waals surface area contributed by atoms with Crippen LogP contribution in [0.15, 0.2) is 36.5 Å². The van der Waals surface area contributed by atoms with Gasteiger partial charge in [0.2, 0.25) is 0 Å². The predicted molar refractivity (Wildman–Crippen MR) is 98.8 cm³/mol. The largest absolute Gasteiger partial charge is 0.453 e. The van der Waals surface area contributed by atoms with Gasteiger partial charge in [-0.1, -0.05) is 18.2 Å². The zero-order valence-electron chi connectivity index (χ0n) is 15.0. The lowest BCUT2D eigenvalue weighted by atomic mass is 10.2. The monoisotopic (exact) mass is 406 g/mol. The average Bonchev–Trinajstić information content (AvgIpc) is 3.08. The number of carbonyl (C=O) groups is 2. The number of urea groups is 1. The van der Waals surface area contributed by atoms with Crippen LogP contribution < -0.4 is 20.7 Å². The number of methoxy groups -OCH3 is 1. The number of aromatic nitrogens is 3. The van der Waals surface area contributed by atoms with Crippen LogP contribution in [0.5, 0.6) is 5.75 Å². The highest BCUT2D eigenvalue weighted by Gasteiger charge is 2.13. The van der Waals surface area contributed by atoms with E-state index in [1.54, 1.807) is 18.2 Å². The van der Waals surface area contributed by atoms with Crippen molar-refractivity contribution in [1.29, 1.82) is 0 Å². The fraction of sp³-hybridized carbons (Fsp3) is 0.176. The van der Waals surface area contributed by atoms with E-state index in [-0.39, 0.29) is 23.9 Å². The van der Waals surface area contributed by atoms with Crippen molar-refractivity contribution in [1.82, 2.24) is 20.5 Å². The standard InChI is InChI=1S/C17H16F2N6O4/c1-28-17(27)23-14-10-8-20-13(6-11(10)24-25-14)22-16(26)21-7-9-4-2-3-5-12(9)29-15(18)19/h2-6,8,15H,7H2,1H3,(H2,20,21,22,26)(H2,23,24,25,27). The summed E-state index contributed by atoms with van der Waals surface area (Å²) in [5.41, 5.74) is 0.899. The van der Waals surface area contributed by atoms with E-state index in [1.165, 1.54) is 25.4 Å². The van der Waals surface area contributed by atoms with Crippen LogP contribution in [0.25, 0.3) is 10.9 Å². The Morgan fingerprint density at radius 1 is 1.24 bits per heavy atom. The Balaban J connectivity index is 1.62. The molecule has 10 nitrogen and oxygen atoms in total. The molecule has 0 spiro atoms. The summed E-state index contributed by atoms with van der Waals surface area (Å²) in [5.74, 6) is 0.414. The van der Waals surface area contributed by atoms with Crippen molar-refractivity contribution in [2.24, 2.45) is 0 Å². The molecular weight excluding hydrogens is 390 g/mol. The first kappa shape index (κ1) is 19.8. The Labute approximate surface area is 162 Å². The summed E-state index contributed by atoms with van der Waals surface area (Å²) in [6.07, 6.45) is 0.724. The summed E-state index contributed by atoms with van der Waals surface area (Å²) < 4.78 is 33.8. The minimum absolute atomic E-state index is 0.0227. The first-order valence-corrected chi connectivity index (χ1v) is 8.23. The summed E-state index contributed by atoms with van der Waals surface area (Å²) in [6.45, 7) is -3.00. The number of rotatable bonds is 6. The quantitative estimate of drug-likeness (QED) is 0.498. The van der Waals surface area contributed by atoms with E-state index in [1.807, 2.05) is 0 Å². The normalized spacial score (nSPS) is 10.6. The minimum atomic E-state index is -2.96. The molecule has 0 atom stereocenters. The Hall–Kier alpha value is -3.96. The van der Waals surface area contributed by atoms with Gasteiger partial charge in [0.1, 0.15) is 11.6 Å². The molecule has 0 saturated heterocycles. The molecule has 3 amide bonds. The predicted octanol–water partition coefficient (Wildman–Crippen LogP) is 3.06. The molecule has 152 valence electrons. The third-order valence-electron chi connectivity index (χ3n) is 3.72. The topological polar surface area (TPSA) is 130 Å². The molecule has 0 aliphatic heterocycles. The number of carbonyl (C=O) groups excluding carboxylic acids is 2. The number of halogens is 2. The van der Waals surface area contributed by atoms with E-state index in [9.17, 15) is 18.4 Å². The third kappa shape index (κ3) is 5.06. The van der Waals surface area contributed by atoms with Crippen molar-refractivity contribution in [3.05, 3.63) is 42.1 Å². The Bertz CT molecular complexity index is 1030. The van der Waals surface area contributed by atoms with E-state index in [0.29, 0.717) is 16.5 Å². The molecular formula is C17H16F2N6O4. The highest BCUT2D eigenvalue weighted by molar-refractivity contribution is 5.98. The molecule has 3 aromatic rings. The zero-order valence-corrected chi connectivity index (χ0v) is 15.0. The first-order valence-electron chi connectivity index (χ1n) is 8.23. The second-order valence-electron chi connectivity index (χ2n) is 5.60. The number of hydrogen-bond donors (Lipinski definition) is 4. The molecule has 0 radical (unpaired) electrons. The molecule has 12 heteroatoms. The van der Waals surface area contributed by atoms with Crippen LogP contribution in [-0.2, 0) is 11.3 Å². The summed E-state index contributed by atoms with van der Waals surface area (Å²) in [6, 6.07) is 7.04. The molecule has 0 fully saturated rings. The van der Waals surface area contributed by atoms with Gasteiger partial charge in [-0.2, -0.15) is 13.9 Å². The molecule has 1 aromatic carbocycles. The van der Waals surface area contributed by atoms with Gasteiger partial charge in [0, 0.05) is 24.4 Å². The second kappa shape index (κ2) is 8.82. The van der Waals surface area contributed by atoms with Gasteiger partial charge in [0.15, 0.2) is 5.82 Å². The molecule has 0 saturated carbocycles. The van der Waals surface area contributed by atoms with E-state index in [0.717, 1.165) is 0 Å². The third-order valence-corrected chi connectivity index (χ3v) is 3.72. The highest BCUT2D eigenvalue weighted by Crippen LogP contribution is 2.22. The molecule has 0 unspecified atom stereocenters. The van der Waals surface area contributed by atoms with Crippen molar-refractivity contribution in [2.75, 3.05) is 17.7 Å². The molecule has 3 rings (SSSR count). The molecule has 0 aliphatic rings. The number of amides is 3. The second-order valence-corrected chi connectivity index (χ2v) is 5.60. The maximum absolute atomic E-state index is 12.4. The SMILES string of the molecule is COC(=O)Nc1n[nH]c2cc(NC(=O)NCc3ccccc3OC(F)F)ncc12. The summed E-state index contributed by atoms with van der Waals surface area (Å²) in [4.78, 5) is 27.5. The minimum Gasteiger partial charge on any atom is -0.453 e. The van der Waals surface area contributed by atoms with E-state index in [2.05, 4.69) is 40.6 Å². The maximum atomic E-state index is 12.4. The number of fused-ring (bicyclic) bond motifs is 1. The van der Waals surface area contributed by atoms with Crippen LogP contribution in [0.1, 0.15) is 5.56 Å². The van der Waals surface area contributed by atoms with Crippen molar-refractivity contribution in [2.45, 2.75) is 13.2 Å². The van der Waals surface area contributed by atoms with E-state index >= 15 is 0 Å². The van der Waals surface area contributed by atoms with Crippen LogP contribution in [0.4, 0.5) is 30.0 Å². The highest BCUT2D eigenvalue weighted by atomic mass is 19.3. The maximum Gasteiger partial charge on any atom is 0.412 e. The number of ether oxygens (including phenoxy) is 2. The number of para-hydroxylation sites is 1. The number of anilines is 2. The molecule has 4 N–H and O–H groups in total. The first-order chi connectivity index (χ1) is 14.0.